The van der Waals surface area contributed by atoms with E-state index in [0.29, 0.717) is 12.2 Å². The summed E-state index contributed by atoms with van der Waals surface area (Å²) in [7, 11) is 1.36. The lowest BCUT2D eigenvalue weighted by molar-refractivity contribution is 0.0600. The lowest BCUT2D eigenvalue weighted by atomic mass is 10.2. The van der Waals surface area contributed by atoms with Crippen molar-refractivity contribution >= 4 is 34.2 Å². The first-order valence-corrected chi connectivity index (χ1v) is 10.2. The summed E-state index contributed by atoms with van der Waals surface area (Å²) in [5, 5.41) is 12.4. The molecule has 1 saturated heterocycles. The van der Waals surface area contributed by atoms with Crippen molar-refractivity contribution in [2.45, 2.75) is 23.3 Å². The van der Waals surface area contributed by atoms with E-state index in [1.807, 2.05) is 0 Å². The molecule has 140 valence electrons. The van der Waals surface area contributed by atoms with Crippen LogP contribution in [-0.4, -0.2) is 54.9 Å². The number of methoxy groups -OCH3 is 1. The summed E-state index contributed by atoms with van der Waals surface area (Å²) in [6, 6.07) is 6.89. The minimum atomic E-state index is -0.354. The van der Waals surface area contributed by atoms with Crippen molar-refractivity contribution in [3.8, 4) is 5.75 Å². The van der Waals surface area contributed by atoms with E-state index in [1.165, 1.54) is 18.4 Å². The zero-order valence-electron chi connectivity index (χ0n) is 14.5. The number of esters is 1. The molecule has 0 aliphatic carbocycles. The lowest BCUT2D eigenvalue weighted by Gasteiger charge is -2.08. The van der Waals surface area contributed by atoms with E-state index < -0.39 is 0 Å². The normalized spacial score (nSPS) is 16.4. The van der Waals surface area contributed by atoms with E-state index in [4.69, 9.17) is 9.47 Å². The van der Waals surface area contributed by atoms with Crippen molar-refractivity contribution in [3.63, 3.8) is 0 Å². The maximum Gasteiger partial charge on any atom is 0.337 e. The highest BCUT2D eigenvalue weighted by atomic mass is 32.2. The number of thioether (sulfide) groups is 1. The predicted octanol–water partition coefficient (Wildman–Crippen LogP) is 3.09. The summed E-state index contributed by atoms with van der Waals surface area (Å²) in [5.41, 5.74) is 0.506. The van der Waals surface area contributed by atoms with Crippen molar-refractivity contribution in [3.05, 3.63) is 29.8 Å². The van der Waals surface area contributed by atoms with E-state index >= 15 is 0 Å². The summed E-state index contributed by atoms with van der Waals surface area (Å²) < 4.78 is 16.8. The first-order valence-electron chi connectivity index (χ1n) is 8.37. The molecule has 0 spiro atoms. The van der Waals surface area contributed by atoms with Crippen LogP contribution in [0.15, 0.2) is 28.6 Å². The molecule has 1 unspecified atom stereocenters. The maximum atomic E-state index is 11.4. The van der Waals surface area contributed by atoms with Gasteiger partial charge in [-0.2, -0.15) is 0 Å². The third kappa shape index (κ3) is 5.58. The number of hydrogen-bond acceptors (Lipinski definition) is 9. The van der Waals surface area contributed by atoms with Crippen LogP contribution in [0.5, 0.6) is 5.75 Å². The first kappa shape index (κ1) is 18.9. The second kappa shape index (κ2) is 9.75. The number of ether oxygens (including phenoxy) is 3. The highest BCUT2D eigenvalue weighted by Gasteiger charge is 2.15. The average Bonchev–Trinajstić information content (AvgIpc) is 3.35. The fraction of sp³-hybridized carbons (Fsp3) is 0.471. The number of carbonyl (C=O) groups excluding carboxylic acids is 1. The van der Waals surface area contributed by atoms with Gasteiger partial charge in [-0.3, -0.25) is 0 Å². The zero-order valence-corrected chi connectivity index (χ0v) is 16.1. The van der Waals surface area contributed by atoms with Gasteiger partial charge in [-0.1, -0.05) is 23.1 Å². The van der Waals surface area contributed by atoms with Gasteiger partial charge < -0.3 is 19.5 Å². The molecule has 1 atom stereocenters. The molecule has 2 heterocycles. The molecule has 26 heavy (non-hydrogen) atoms. The molecule has 3 rings (SSSR count). The van der Waals surface area contributed by atoms with Crippen LogP contribution in [0.3, 0.4) is 0 Å². The van der Waals surface area contributed by atoms with E-state index in [9.17, 15) is 4.79 Å². The zero-order chi connectivity index (χ0) is 18.2. The molecule has 1 aromatic carbocycles. The van der Waals surface area contributed by atoms with E-state index in [1.54, 1.807) is 36.0 Å². The van der Waals surface area contributed by atoms with Gasteiger partial charge >= 0.3 is 5.97 Å². The molecule has 7 nitrogen and oxygen atoms in total. The molecule has 2 aromatic rings. The third-order valence-corrected chi connectivity index (χ3v) is 5.74. The third-order valence-electron chi connectivity index (χ3n) is 3.76. The van der Waals surface area contributed by atoms with Crippen LogP contribution in [0.4, 0.5) is 5.13 Å². The van der Waals surface area contributed by atoms with Gasteiger partial charge in [0.05, 0.1) is 25.4 Å². The van der Waals surface area contributed by atoms with E-state index in [-0.39, 0.29) is 12.1 Å². The van der Waals surface area contributed by atoms with E-state index in [2.05, 4.69) is 20.3 Å². The molecule has 0 radical (unpaired) electrons. The summed E-state index contributed by atoms with van der Waals surface area (Å²) in [6.45, 7) is 2.18. The molecule has 1 aliphatic rings. The van der Waals surface area contributed by atoms with Crippen molar-refractivity contribution in [1.82, 2.24) is 10.2 Å². The van der Waals surface area contributed by atoms with Crippen LogP contribution in [0.25, 0.3) is 0 Å². The lowest BCUT2D eigenvalue weighted by Crippen LogP contribution is -2.18. The van der Waals surface area contributed by atoms with Crippen LogP contribution in [0, 0.1) is 0 Å². The van der Waals surface area contributed by atoms with Crippen molar-refractivity contribution in [1.29, 1.82) is 0 Å². The number of aromatic nitrogens is 2. The van der Waals surface area contributed by atoms with Gasteiger partial charge in [0, 0.05) is 18.9 Å². The summed E-state index contributed by atoms with van der Waals surface area (Å²) in [6.07, 6.45) is 2.52. The van der Waals surface area contributed by atoms with Gasteiger partial charge in [0.1, 0.15) is 5.75 Å². The van der Waals surface area contributed by atoms with Gasteiger partial charge in [-0.25, -0.2) is 4.79 Å². The maximum absolute atomic E-state index is 11.4. The molecule has 0 amide bonds. The monoisotopic (exact) mass is 395 g/mol. The van der Waals surface area contributed by atoms with Gasteiger partial charge in [0.25, 0.3) is 0 Å². The summed E-state index contributed by atoms with van der Waals surface area (Å²) in [5.74, 6) is 1.13. The number of carbonyl (C=O) groups is 1. The Bertz CT molecular complexity index is 702. The molecular weight excluding hydrogens is 374 g/mol. The molecule has 1 N–H and O–H groups in total. The average molecular weight is 396 g/mol. The first-order chi connectivity index (χ1) is 12.7. The standard InChI is InChI=1S/C17H21N3O4S2/c1-22-15(21)12-4-6-13(7-5-12)24-9-10-25-17-20-19-16(26-17)18-11-14-3-2-8-23-14/h4-7,14H,2-3,8-11H2,1H3,(H,18,19). The highest BCUT2D eigenvalue weighted by Crippen LogP contribution is 2.26. The Kier molecular flexibility index (Phi) is 7.10. The fourth-order valence-electron chi connectivity index (χ4n) is 2.44. The number of hydrogen-bond donors (Lipinski definition) is 1. The predicted molar refractivity (Wildman–Crippen MR) is 101 cm³/mol. The van der Waals surface area contributed by atoms with Crippen LogP contribution < -0.4 is 10.1 Å². The Balaban J connectivity index is 1.35. The molecule has 1 aliphatic heterocycles. The second-order valence-electron chi connectivity index (χ2n) is 5.60. The van der Waals surface area contributed by atoms with Crippen LogP contribution >= 0.6 is 23.1 Å². The number of benzene rings is 1. The number of nitrogens with zero attached hydrogens (tertiary/aromatic N) is 2. The molecule has 0 bridgehead atoms. The topological polar surface area (TPSA) is 82.6 Å². The molecule has 0 saturated carbocycles. The number of nitrogens with one attached hydrogen (secondary N) is 1. The number of rotatable bonds is 9. The van der Waals surface area contributed by atoms with Crippen LogP contribution in [0.1, 0.15) is 23.2 Å². The van der Waals surface area contributed by atoms with Gasteiger partial charge in [0.2, 0.25) is 5.13 Å². The Morgan fingerprint density at radius 2 is 2.23 bits per heavy atom. The van der Waals surface area contributed by atoms with Gasteiger partial charge in [-0.15, -0.1) is 10.2 Å². The van der Waals surface area contributed by atoms with Gasteiger partial charge in [-0.05, 0) is 37.1 Å². The van der Waals surface area contributed by atoms with Crippen LogP contribution in [0.2, 0.25) is 0 Å². The van der Waals surface area contributed by atoms with Crippen LogP contribution in [-0.2, 0) is 9.47 Å². The van der Waals surface area contributed by atoms with Gasteiger partial charge in [0.15, 0.2) is 4.34 Å². The highest BCUT2D eigenvalue weighted by molar-refractivity contribution is 8.01. The largest absolute Gasteiger partial charge is 0.493 e. The molecule has 9 heteroatoms. The Labute approximate surface area is 160 Å². The van der Waals surface area contributed by atoms with E-state index in [0.717, 1.165) is 47.0 Å². The second-order valence-corrected chi connectivity index (χ2v) is 7.92. The summed E-state index contributed by atoms with van der Waals surface area (Å²) >= 11 is 3.14. The Morgan fingerprint density at radius 3 is 2.96 bits per heavy atom. The SMILES string of the molecule is COC(=O)c1ccc(OCCSc2nnc(NCC3CCCO3)s2)cc1. The van der Waals surface area contributed by atoms with Crippen molar-refractivity contribution < 1.29 is 19.0 Å². The fourth-order valence-corrected chi connectivity index (χ4v) is 4.09. The van der Waals surface area contributed by atoms with Crippen molar-refractivity contribution in [2.24, 2.45) is 0 Å². The smallest absolute Gasteiger partial charge is 0.337 e. The van der Waals surface area contributed by atoms with Crippen molar-refractivity contribution in [2.75, 3.05) is 37.9 Å². The molecule has 1 fully saturated rings. The molecular formula is C17H21N3O4S2. The Morgan fingerprint density at radius 1 is 1.38 bits per heavy atom. The summed E-state index contributed by atoms with van der Waals surface area (Å²) in [4.78, 5) is 11.4. The Hall–Kier alpha value is -1.84. The molecule has 1 aromatic heterocycles. The minimum Gasteiger partial charge on any atom is -0.493 e. The minimum absolute atomic E-state index is 0.286. The quantitative estimate of drug-likeness (QED) is 0.394. The number of anilines is 1.